The molecule has 0 spiro atoms. The van der Waals surface area contributed by atoms with E-state index in [2.05, 4.69) is 16.8 Å². The minimum atomic E-state index is 0.130. The minimum absolute atomic E-state index is 0.130. The Morgan fingerprint density at radius 2 is 2.17 bits per heavy atom. The summed E-state index contributed by atoms with van der Waals surface area (Å²) in [6.45, 7) is 0. The number of carbonyl (C=O) groups excluding carboxylic acids is 2. The van der Waals surface area contributed by atoms with Crippen molar-refractivity contribution in [2.24, 2.45) is 0 Å². The molecule has 0 atom stereocenters. The Labute approximate surface area is 112 Å². The molecule has 0 aliphatic heterocycles. The Bertz CT molecular complexity index is 390. The Hall–Kier alpha value is -1.16. The summed E-state index contributed by atoms with van der Waals surface area (Å²) in [6.07, 6.45) is 5.35. The van der Waals surface area contributed by atoms with Gasteiger partial charge in [-0.3, -0.25) is 9.59 Å². The van der Waals surface area contributed by atoms with Crippen molar-refractivity contribution in [3.05, 3.63) is 22.4 Å². The van der Waals surface area contributed by atoms with Crippen LogP contribution in [0, 0.1) is 0 Å². The molecule has 3 nitrogen and oxygen atoms in total. The standard InChI is InChI=1S/C14H19NO2S/c16-12-8-6-11(7-9-12)15-14(17)5-1-3-13-4-2-10-18-13/h2,4,10-11H,1,3,5-9H2,(H,15,17). The van der Waals surface area contributed by atoms with Gasteiger partial charge in [-0.1, -0.05) is 6.07 Å². The Morgan fingerprint density at radius 3 is 2.83 bits per heavy atom. The van der Waals surface area contributed by atoms with Gasteiger partial charge in [0.1, 0.15) is 5.78 Å². The molecule has 1 fully saturated rings. The van der Waals surface area contributed by atoms with Gasteiger partial charge < -0.3 is 5.32 Å². The summed E-state index contributed by atoms with van der Waals surface area (Å²) in [7, 11) is 0. The second-order valence-electron chi connectivity index (χ2n) is 4.81. The van der Waals surface area contributed by atoms with Gasteiger partial charge in [-0.25, -0.2) is 0 Å². The lowest BCUT2D eigenvalue weighted by Gasteiger charge is -2.22. The van der Waals surface area contributed by atoms with Crippen molar-refractivity contribution in [1.82, 2.24) is 5.32 Å². The third-order valence-electron chi connectivity index (χ3n) is 3.32. The monoisotopic (exact) mass is 265 g/mol. The average molecular weight is 265 g/mol. The van der Waals surface area contributed by atoms with Crippen molar-refractivity contribution < 1.29 is 9.59 Å². The minimum Gasteiger partial charge on any atom is -0.353 e. The quantitative estimate of drug-likeness (QED) is 0.889. The van der Waals surface area contributed by atoms with E-state index in [0.29, 0.717) is 25.0 Å². The van der Waals surface area contributed by atoms with Gasteiger partial charge in [-0.2, -0.15) is 0 Å². The summed E-state index contributed by atoms with van der Waals surface area (Å²) in [6, 6.07) is 4.37. The average Bonchev–Trinajstić information content (AvgIpc) is 2.85. The van der Waals surface area contributed by atoms with E-state index >= 15 is 0 Å². The van der Waals surface area contributed by atoms with Gasteiger partial charge in [0.05, 0.1) is 0 Å². The zero-order chi connectivity index (χ0) is 12.8. The van der Waals surface area contributed by atoms with Crippen molar-refractivity contribution in [3.8, 4) is 0 Å². The van der Waals surface area contributed by atoms with Crippen LogP contribution in [0.25, 0.3) is 0 Å². The van der Waals surface area contributed by atoms with E-state index < -0.39 is 0 Å². The third-order valence-corrected chi connectivity index (χ3v) is 4.25. The molecule has 1 N–H and O–H groups in total. The van der Waals surface area contributed by atoms with Gasteiger partial charge in [0.25, 0.3) is 0 Å². The van der Waals surface area contributed by atoms with Gasteiger partial charge in [0.2, 0.25) is 5.91 Å². The highest BCUT2D eigenvalue weighted by molar-refractivity contribution is 7.09. The molecule has 98 valence electrons. The van der Waals surface area contributed by atoms with E-state index in [9.17, 15) is 9.59 Å². The number of nitrogens with one attached hydrogen (secondary N) is 1. The summed E-state index contributed by atoms with van der Waals surface area (Å²) in [5.74, 6) is 0.462. The third kappa shape index (κ3) is 4.26. The molecule has 1 aliphatic rings. The number of Topliss-reactive ketones (excluding diaryl/α,β-unsaturated/α-hetero) is 1. The van der Waals surface area contributed by atoms with Crippen LogP contribution in [0.3, 0.4) is 0 Å². The number of amides is 1. The van der Waals surface area contributed by atoms with Crippen LogP contribution in [0.15, 0.2) is 17.5 Å². The number of thiophene rings is 1. The second kappa shape index (κ2) is 6.69. The van der Waals surface area contributed by atoms with Gasteiger partial charge in [-0.05, 0) is 37.1 Å². The van der Waals surface area contributed by atoms with Crippen molar-refractivity contribution in [1.29, 1.82) is 0 Å². The normalized spacial score (nSPS) is 16.8. The van der Waals surface area contributed by atoms with Crippen molar-refractivity contribution in [2.75, 3.05) is 0 Å². The lowest BCUT2D eigenvalue weighted by atomic mass is 9.94. The highest BCUT2D eigenvalue weighted by atomic mass is 32.1. The molecule has 18 heavy (non-hydrogen) atoms. The van der Waals surface area contributed by atoms with Crippen molar-refractivity contribution in [2.45, 2.75) is 51.0 Å². The van der Waals surface area contributed by atoms with Gasteiger partial charge in [0.15, 0.2) is 0 Å². The molecule has 0 unspecified atom stereocenters. The first-order valence-corrected chi connectivity index (χ1v) is 7.45. The van der Waals surface area contributed by atoms with Crippen molar-refractivity contribution in [3.63, 3.8) is 0 Å². The van der Waals surface area contributed by atoms with Crippen LogP contribution in [0.5, 0.6) is 0 Å². The lowest BCUT2D eigenvalue weighted by Crippen LogP contribution is -2.37. The number of ketones is 1. The van der Waals surface area contributed by atoms with E-state index in [-0.39, 0.29) is 11.9 Å². The van der Waals surface area contributed by atoms with Gasteiger partial charge in [-0.15, -0.1) is 11.3 Å². The smallest absolute Gasteiger partial charge is 0.220 e. The van der Waals surface area contributed by atoms with E-state index in [1.165, 1.54) is 4.88 Å². The Kier molecular flexibility index (Phi) is 4.93. The van der Waals surface area contributed by atoms with Gasteiger partial charge >= 0.3 is 0 Å². The number of hydrogen-bond donors (Lipinski definition) is 1. The molecule has 1 saturated carbocycles. The second-order valence-corrected chi connectivity index (χ2v) is 5.85. The number of aryl methyl sites for hydroxylation is 1. The van der Waals surface area contributed by atoms with Crippen LogP contribution in [0.4, 0.5) is 0 Å². The highest BCUT2D eigenvalue weighted by Crippen LogP contribution is 2.15. The summed E-state index contributed by atoms with van der Waals surface area (Å²) >= 11 is 1.74. The van der Waals surface area contributed by atoms with E-state index in [0.717, 1.165) is 25.7 Å². The maximum atomic E-state index is 11.7. The molecule has 0 aromatic carbocycles. The summed E-state index contributed by atoms with van der Waals surface area (Å²) in [5.41, 5.74) is 0. The van der Waals surface area contributed by atoms with Crippen molar-refractivity contribution >= 4 is 23.0 Å². The van der Waals surface area contributed by atoms with Crippen LogP contribution in [-0.2, 0) is 16.0 Å². The topological polar surface area (TPSA) is 46.2 Å². The SMILES string of the molecule is O=C1CCC(NC(=O)CCCc2cccs2)CC1. The molecular formula is C14H19NO2S. The van der Waals surface area contributed by atoms with Crippen LogP contribution in [-0.4, -0.2) is 17.7 Å². The molecule has 0 radical (unpaired) electrons. The molecular weight excluding hydrogens is 246 g/mol. The fourth-order valence-electron chi connectivity index (χ4n) is 2.26. The zero-order valence-corrected chi connectivity index (χ0v) is 11.3. The first-order valence-electron chi connectivity index (χ1n) is 6.57. The number of carbonyl (C=O) groups is 2. The maximum absolute atomic E-state index is 11.7. The summed E-state index contributed by atoms with van der Waals surface area (Å²) < 4.78 is 0. The number of hydrogen-bond acceptors (Lipinski definition) is 3. The molecule has 4 heteroatoms. The largest absolute Gasteiger partial charge is 0.353 e. The fraction of sp³-hybridized carbons (Fsp3) is 0.571. The fourth-order valence-corrected chi connectivity index (χ4v) is 3.01. The lowest BCUT2D eigenvalue weighted by molar-refractivity contribution is -0.124. The molecule has 1 aliphatic carbocycles. The van der Waals surface area contributed by atoms with E-state index in [1.807, 2.05) is 6.07 Å². The highest BCUT2D eigenvalue weighted by Gasteiger charge is 2.19. The molecule has 1 amide bonds. The van der Waals surface area contributed by atoms with Crippen LogP contribution < -0.4 is 5.32 Å². The predicted molar refractivity (Wildman–Crippen MR) is 72.7 cm³/mol. The molecule has 1 aromatic rings. The Morgan fingerprint density at radius 1 is 1.39 bits per heavy atom. The van der Waals surface area contributed by atoms with Crippen LogP contribution >= 0.6 is 11.3 Å². The maximum Gasteiger partial charge on any atom is 0.220 e. The van der Waals surface area contributed by atoms with Gasteiger partial charge in [0, 0.05) is 30.2 Å². The summed E-state index contributed by atoms with van der Waals surface area (Å²) in [4.78, 5) is 24.2. The first-order chi connectivity index (χ1) is 8.74. The van der Waals surface area contributed by atoms with E-state index in [4.69, 9.17) is 0 Å². The molecule has 0 saturated heterocycles. The molecule has 1 aromatic heterocycles. The molecule has 1 heterocycles. The zero-order valence-electron chi connectivity index (χ0n) is 10.5. The number of rotatable bonds is 5. The molecule has 0 bridgehead atoms. The summed E-state index contributed by atoms with van der Waals surface area (Å²) in [5, 5.41) is 5.10. The molecule has 2 rings (SSSR count). The first kappa shape index (κ1) is 13.3. The van der Waals surface area contributed by atoms with Crippen LogP contribution in [0.1, 0.15) is 43.4 Å². The Balaban J connectivity index is 1.61. The van der Waals surface area contributed by atoms with Crippen LogP contribution in [0.2, 0.25) is 0 Å². The van der Waals surface area contributed by atoms with E-state index in [1.54, 1.807) is 11.3 Å². The predicted octanol–water partition coefficient (Wildman–Crippen LogP) is 2.70.